The highest BCUT2D eigenvalue weighted by Gasteiger charge is 2.87. The largest absolute Gasteiger partial charge is 0.199 e. The topological polar surface area (TPSA) is 6.02 Å². The first-order chi connectivity index (χ1) is 2.91. The summed E-state index contributed by atoms with van der Waals surface area (Å²) in [6.07, 6.45) is 1.69. The van der Waals surface area contributed by atoms with Crippen LogP contribution in [0, 0.1) is 0 Å². The molecule has 0 aromatic rings. The fourth-order valence-electron chi connectivity index (χ4n) is 1.20. The zero-order chi connectivity index (χ0) is 3.89. The molecule has 6 heavy (non-hydrogen) atoms. The third kappa shape index (κ3) is 0.0854. The Labute approximate surface area is 43.8 Å². The molecule has 2 nitrogen and oxygen atoms in total. The molecule has 0 aromatic heterocycles. The highest BCUT2D eigenvalue weighted by Crippen LogP contribution is 2.67. The van der Waals surface area contributed by atoms with Gasteiger partial charge in [0, 0.05) is 0 Å². The molecule has 0 spiro atoms. The maximum atomic E-state index is 3.51. The Balaban J connectivity index is 2.12. The molecule has 0 saturated carbocycles. The first-order valence-electron chi connectivity index (χ1n) is 2.12. The van der Waals surface area contributed by atoms with Crippen molar-refractivity contribution in [1.29, 1.82) is 0 Å². The molecule has 0 aromatic carbocycles. The van der Waals surface area contributed by atoms with Crippen molar-refractivity contribution in [1.82, 2.24) is 10.0 Å². The zero-order valence-corrected chi connectivity index (χ0v) is 4.59. The third-order valence-corrected chi connectivity index (χ3v) is 2.76. The summed E-state index contributed by atoms with van der Waals surface area (Å²) in [4.78, 5) is 0.831. The minimum absolute atomic E-state index is 0.831. The van der Waals surface area contributed by atoms with E-state index in [4.69, 9.17) is 0 Å². The van der Waals surface area contributed by atoms with Crippen LogP contribution in [0.25, 0.3) is 0 Å². The van der Waals surface area contributed by atoms with E-state index in [1.54, 1.807) is 0 Å². The Kier molecular flexibility index (Phi) is 0.194. The molecule has 4 aliphatic heterocycles. The van der Waals surface area contributed by atoms with Crippen LogP contribution in [0.5, 0.6) is 0 Å². The fourth-order valence-corrected chi connectivity index (χ4v) is 2.17. The number of halogens is 1. The molecule has 4 saturated heterocycles. The van der Waals surface area contributed by atoms with Crippen molar-refractivity contribution in [3.05, 3.63) is 0 Å². The molecule has 4 heterocycles. The van der Waals surface area contributed by atoms with Gasteiger partial charge < -0.3 is 0 Å². The molecule has 4 fully saturated rings. The number of alkyl halides is 1. The molecule has 4 rings (SSSR count). The first kappa shape index (κ1) is 2.64. The Morgan fingerprint density at radius 3 is 1.67 bits per heavy atom. The smallest absolute Gasteiger partial charge is 0.109 e. The van der Waals surface area contributed by atoms with Crippen molar-refractivity contribution in [3.8, 4) is 0 Å². The van der Waals surface area contributed by atoms with Crippen LogP contribution < -0.4 is 0 Å². The molecular weight excluding hydrogens is 144 g/mol. The Hall–Kier alpha value is 0.400. The van der Waals surface area contributed by atoms with Crippen molar-refractivity contribution in [3.63, 3.8) is 0 Å². The molecule has 0 unspecified atom stereocenters. The van der Waals surface area contributed by atoms with E-state index in [2.05, 4.69) is 25.9 Å². The second-order valence-electron chi connectivity index (χ2n) is 2.03. The average Bonchev–Trinajstić information content (AvgIpc) is 2.10. The van der Waals surface area contributed by atoms with Gasteiger partial charge in [0.15, 0.2) is 0 Å². The van der Waals surface area contributed by atoms with Crippen LogP contribution in [0.1, 0.15) is 0 Å². The van der Waals surface area contributed by atoms with Gasteiger partial charge in [-0.2, -0.15) is 10.0 Å². The number of nitrogens with zero attached hydrogens (tertiary/aromatic N) is 2. The zero-order valence-electron chi connectivity index (χ0n) is 3.00. The standard InChI is InChI=1S/C3H3BrN2/c4-1-2-5-3(1)6(2)5/h1-3H. The minimum atomic E-state index is 0.831. The molecule has 0 N–H and O–H groups in total. The predicted octanol–water partition coefficient (Wildman–Crippen LogP) is -0.0381. The Bertz CT molecular complexity index is 104. The third-order valence-electron chi connectivity index (χ3n) is 1.81. The number of hydrazine groups is 1. The first-order valence-corrected chi connectivity index (χ1v) is 3.03. The van der Waals surface area contributed by atoms with Crippen LogP contribution >= 0.6 is 15.9 Å². The summed E-state index contributed by atoms with van der Waals surface area (Å²) < 4.78 is 0. The van der Waals surface area contributed by atoms with Crippen molar-refractivity contribution >= 4 is 15.9 Å². The molecule has 2 bridgehead atoms. The molecule has 4 aliphatic rings. The Morgan fingerprint density at radius 2 is 1.67 bits per heavy atom. The number of hydrogen-bond acceptors (Lipinski definition) is 2. The van der Waals surface area contributed by atoms with Gasteiger partial charge in [-0.15, -0.1) is 0 Å². The summed E-state index contributed by atoms with van der Waals surface area (Å²) in [5.74, 6) is 0. The van der Waals surface area contributed by atoms with Crippen LogP contribution in [0.3, 0.4) is 0 Å². The van der Waals surface area contributed by atoms with E-state index in [0.29, 0.717) is 0 Å². The van der Waals surface area contributed by atoms with E-state index in [9.17, 15) is 0 Å². The van der Waals surface area contributed by atoms with Crippen molar-refractivity contribution < 1.29 is 0 Å². The quantitative estimate of drug-likeness (QED) is 0.350. The van der Waals surface area contributed by atoms with Crippen LogP contribution in [0.15, 0.2) is 0 Å². The van der Waals surface area contributed by atoms with Crippen LogP contribution in [0.2, 0.25) is 0 Å². The van der Waals surface area contributed by atoms with Crippen molar-refractivity contribution in [2.24, 2.45) is 0 Å². The molecule has 3 heteroatoms. The van der Waals surface area contributed by atoms with Gasteiger partial charge in [-0.1, -0.05) is 15.9 Å². The van der Waals surface area contributed by atoms with Crippen LogP contribution in [-0.2, 0) is 0 Å². The van der Waals surface area contributed by atoms with E-state index in [-0.39, 0.29) is 0 Å². The highest BCUT2D eigenvalue weighted by molar-refractivity contribution is 9.09. The molecule has 0 atom stereocenters. The number of rotatable bonds is 0. The summed E-state index contributed by atoms with van der Waals surface area (Å²) >= 11 is 3.51. The maximum absolute atomic E-state index is 3.51. The van der Waals surface area contributed by atoms with Gasteiger partial charge in [0.1, 0.15) is 12.3 Å². The van der Waals surface area contributed by atoms with Gasteiger partial charge in [0.05, 0.1) is 4.83 Å². The van der Waals surface area contributed by atoms with E-state index in [1.165, 1.54) is 0 Å². The van der Waals surface area contributed by atoms with Crippen LogP contribution in [0.4, 0.5) is 0 Å². The van der Waals surface area contributed by atoms with E-state index >= 15 is 0 Å². The van der Waals surface area contributed by atoms with E-state index < -0.39 is 0 Å². The minimum Gasteiger partial charge on any atom is -0.199 e. The molecule has 0 aliphatic carbocycles. The van der Waals surface area contributed by atoms with E-state index in [1.807, 2.05) is 0 Å². The van der Waals surface area contributed by atoms with Gasteiger partial charge in [0.25, 0.3) is 0 Å². The SMILES string of the molecule is BrC1C2N3C1N23. The maximum Gasteiger partial charge on any atom is 0.109 e. The molecule has 0 radical (unpaired) electrons. The highest BCUT2D eigenvalue weighted by atomic mass is 79.9. The fraction of sp³-hybridized carbons (Fsp3) is 1.00. The molecule has 0 amide bonds. The van der Waals surface area contributed by atoms with E-state index in [0.717, 1.165) is 17.2 Å². The number of hydrogen-bond donors (Lipinski definition) is 0. The van der Waals surface area contributed by atoms with Gasteiger partial charge in [-0.3, -0.25) is 0 Å². The monoisotopic (exact) mass is 146 g/mol. The lowest BCUT2D eigenvalue weighted by atomic mass is 10.1. The van der Waals surface area contributed by atoms with Gasteiger partial charge in [0.2, 0.25) is 0 Å². The summed E-state index contributed by atoms with van der Waals surface area (Å²) in [5, 5.41) is 4.72. The van der Waals surface area contributed by atoms with Crippen LogP contribution in [-0.4, -0.2) is 27.2 Å². The van der Waals surface area contributed by atoms with Gasteiger partial charge >= 0.3 is 0 Å². The summed E-state index contributed by atoms with van der Waals surface area (Å²) in [5.41, 5.74) is 0. The lowest BCUT2D eigenvalue weighted by molar-refractivity contribution is 0.297. The average molecular weight is 147 g/mol. The summed E-state index contributed by atoms with van der Waals surface area (Å²) in [6, 6.07) is 0. The lowest BCUT2D eigenvalue weighted by Gasteiger charge is -2.26. The second-order valence-corrected chi connectivity index (χ2v) is 3.09. The second kappa shape index (κ2) is 0.441. The van der Waals surface area contributed by atoms with Gasteiger partial charge in [-0.05, 0) is 0 Å². The van der Waals surface area contributed by atoms with Crippen molar-refractivity contribution in [2.45, 2.75) is 17.2 Å². The molecule has 32 valence electrons. The summed E-state index contributed by atoms with van der Waals surface area (Å²) in [6.45, 7) is 0. The van der Waals surface area contributed by atoms with Crippen molar-refractivity contribution in [2.75, 3.05) is 0 Å². The Morgan fingerprint density at radius 1 is 1.17 bits per heavy atom. The predicted molar refractivity (Wildman–Crippen MR) is 24.0 cm³/mol. The normalized spacial score (nSPS) is 90.5. The molecular formula is C3H3BrN2. The lowest BCUT2D eigenvalue weighted by Crippen LogP contribution is -2.48. The van der Waals surface area contributed by atoms with Gasteiger partial charge in [-0.25, -0.2) is 0 Å². The summed E-state index contributed by atoms with van der Waals surface area (Å²) in [7, 11) is 0.